The van der Waals surface area contributed by atoms with Gasteiger partial charge in [-0.2, -0.15) is 0 Å². The van der Waals surface area contributed by atoms with Gasteiger partial charge in [0.1, 0.15) is 5.75 Å². The van der Waals surface area contributed by atoms with Gasteiger partial charge in [0.15, 0.2) is 10.0 Å². The number of rotatable bonds is 4. The smallest absolute Gasteiger partial charge is 0.203 e. The summed E-state index contributed by atoms with van der Waals surface area (Å²) >= 11 is 2.57. The molecule has 1 aromatic carbocycles. The molecule has 2 aromatic heterocycles. The van der Waals surface area contributed by atoms with Crippen molar-refractivity contribution in [2.24, 2.45) is 0 Å². The van der Waals surface area contributed by atoms with Crippen LogP contribution >= 0.6 is 22.7 Å². The number of ether oxygens (including phenoxy) is 1. The maximum atomic E-state index is 5.67. The first-order valence-electron chi connectivity index (χ1n) is 6.20. The summed E-state index contributed by atoms with van der Waals surface area (Å²) in [6.07, 6.45) is 1.94. The molecule has 0 saturated carbocycles. The van der Waals surface area contributed by atoms with E-state index in [1.165, 1.54) is 22.7 Å². The van der Waals surface area contributed by atoms with Crippen LogP contribution in [0.2, 0.25) is 0 Å². The van der Waals surface area contributed by atoms with E-state index in [-0.39, 0.29) is 0 Å². The molecule has 3 rings (SSSR count). The second kappa shape index (κ2) is 6.08. The van der Waals surface area contributed by atoms with Crippen molar-refractivity contribution in [3.63, 3.8) is 0 Å². The molecule has 9 heteroatoms. The summed E-state index contributed by atoms with van der Waals surface area (Å²) in [5, 5.41) is 18.0. The predicted octanol–water partition coefficient (Wildman–Crippen LogP) is 2.15. The monoisotopic (exact) mass is 332 g/mol. The maximum Gasteiger partial charge on any atom is 0.203 e. The predicted molar refractivity (Wildman–Crippen MR) is 88.6 cm³/mol. The SMILES string of the molecule is COc1ccc(C=C(c2nnc(N)s2)c2nnc(N)s2)cc1. The normalized spacial score (nSPS) is 10.4. The molecule has 4 N–H and O–H groups in total. The molecule has 3 aromatic rings. The van der Waals surface area contributed by atoms with Gasteiger partial charge in [0.2, 0.25) is 10.3 Å². The van der Waals surface area contributed by atoms with Crippen molar-refractivity contribution in [2.75, 3.05) is 18.6 Å². The van der Waals surface area contributed by atoms with Crippen LogP contribution in [0.4, 0.5) is 10.3 Å². The van der Waals surface area contributed by atoms with Gasteiger partial charge < -0.3 is 16.2 Å². The molecule has 0 amide bonds. The average molecular weight is 332 g/mol. The summed E-state index contributed by atoms with van der Waals surface area (Å²) in [5.41, 5.74) is 13.1. The van der Waals surface area contributed by atoms with Crippen molar-refractivity contribution >= 4 is 44.6 Å². The van der Waals surface area contributed by atoms with Crippen LogP contribution in [0.25, 0.3) is 11.6 Å². The van der Waals surface area contributed by atoms with E-state index in [1.807, 2.05) is 30.3 Å². The lowest BCUT2D eigenvalue weighted by Gasteiger charge is -2.02. The Morgan fingerprint density at radius 3 is 1.91 bits per heavy atom. The average Bonchev–Trinajstić information content (AvgIpc) is 3.14. The molecule has 0 radical (unpaired) electrons. The van der Waals surface area contributed by atoms with Crippen molar-refractivity contribution in [3.05, 3.63) is 39.8 Å². The Hall–Kier alpha value is -2.52. The summed E-state index contributed by atoms with van der Waals surface area (Å²) < 4.78 is 5.16. The minimum Gasteiger partial charge on any atom is -0.497 e. The van der Waals surface area contributed by atoms with Gasteiger partial charge in [0.05, 0.1) is 12.7 Å². The molecule has 22 heavy (non-hydrogen) atoms. The van der Waals surface area contributed by atoms with Crippen molar-refractivity contribution in [1.29, 1.82) is 0 Å². The lowest BCUT2D eigenvalue weighted by molar-refractivity contribution is 0.415. The maximum absolute atomic E-state index is 5.67. The van der Waals surface area contributed by atoms with Crippen LogP contribution in [0.5, 0.6) is 5.75 Å². The van der Waals surface area contributed by atoms with Gasteiger partial charge in [-0.3, -0.25) is 0 Å². The van der Waals surface area contributed by atoms with Crippen LogP contribution in [0.3, 0.4) is 0 Å². The second-order valence-electron chi connectivity index (χ2n) is 4.22. The topological polar surface area (TPSA) is 113 Å². The van der Waals surface area contributed by atoms with Crippen LogP contribution in [-0.2, 0) is 0 Å². The standard InChI is InChI=1S/C13H12N6OS2/c1-20-8-4-2-7(3-5-8)6-9(10-16-18-12(14)21-10)11-17-19-13(15)22-11/h2-6H,1H3,(H2,14,18)(H2,15,19). The van der Waals surface area contributed by atoms with Gasteiger partial charge in [0.25, 0.3) is 0 Å². The zero-order chi connectivity index (χ0) is 15.5. The second-order valence-corrected chi connectivity index (χ2v) is 6.24. The molecule has 0 saturated heterocycles. The summed E-state index contributed by atoms with van der Waals surface area (Å²) in [5.74, 6) is 0.791. The molecule has 0 aliphatic rings. The minimum atomic E-state index is 0.396. The van der Waals surface area contributed by atoms with Crippen LogP contribution in [0, 0.1) is 0 Å². The van der Waals surface area contributed by atoms with Gasteiger partial charge in [-0.1, -0.05) is 34.8 Å². The van der Waals surface area contributed by atoms with Crippen LogP contribution < -0.4 is 16.2 Å². The lowest BCUT2D eigenvalue weighted by atomic mass is 10.1. The first-order chi connectivity index (χ1) is 10.7. The summed E-state index contributed by atoms with van der Waals surface area (Å²) in [7, 11) is 1.63. The fraction of sp³-hybridized carbons (Fsp3) is 0.0769. The molecule has 0 spiro atoms. The van der Waals surface area contributed by atoms with Gasteiger partial charge in [-0.25, -0.2) is 0 Å². The first-order valence-corrected chi connectivity index (χ1v) is 7.83. The number of nitrogens with zero attached hydrogens (tertiary/aromatic N) is 4. The molecular weight excluding hydrogens is 320 g/mol. The highest BCUT2D eigenvalue weighted by Crippen LogP contribution is 2.31. The van der Waals surface area contributed by atoms with Crippen LogP contribution in [-0.4, -0.2) is 27.5 Å². The van der Waals surface area contributed by atoms with Gasteiger partial charge in [-0.15, -0.1) is 20.4 Å². The minimum absolute atomic E-state index is 0.396. The molecule has 0 unspecified atom stereocenters. The van der Waals surface area contributed by atoms with E-state index in [4.69, 9.17) is 16.2 Å². The summed E-state index contributed by atoms with van der Waals surface area (Å²) in [6, 6.07) is 7.64. The van der Waals surface area contributed by atoms with E-state index in [2.05, 4.69) is 20.4 Å². The van der Waals surface area contributed by atoms with E-state index in [9.17, 15) is 0 Å². The highest BCUT2D eigenvalue weighted by Gasteiger charge is 2.15. The van der Waals surface area contributed by atoms with Crippen molar-refractivity contribution in [3.8, 4) is 5.75 Å². The third-order valence-electron chi connectivity index (χ3n) is 2.77. The molecule has 0 atom stereocenters. The number of anilines is 2. The third-order valence-corrected chi connectivity index (χ3v) is 4.34. The van der Waals surface area contributed by atoms with Gasteiger partial charge in [-0.05, 0) is 23.8 Å². The number of benzene rings is 1. The molecule has 7 nitrogen and oxygen atoms in total. The number of hydrogen-bond acceptors (Lipinski definition) is 9. The highest BCUT2D eigenvalue weighted by atomic mass is 32.1. The van der Waals surface area contributed by atoms with Gasteiger partial charge in [0, 0.05) is 0 Å². The molecule has 0 aliphatic carbocycles. The molecule has 0 bridgehead atoms. The lowest BCUT2D eigenvalue weighted by Crippen LogP contribution is -1.88. The zero-order valence-electron chi connectivity index (χ0n) is 11.6. The van der Waals surface area contributed by atoms with Crippen LogP contribution in [0.15, 0.2) is 24.3 Å². The Bertz CT molecular complexity index is 766. The van der Waals surface area contributed by atoms with E-state index in [0.29, 0.717) is 20.3 Å². The molecule has 112 valence electrons. The number of hydrogen-bond donors (Lipinski definition) is 2. The highest BCUT2D eigenvalue weighted by molar-refractivity contribution is 7.18. The van der Waals surface area contributed by atoms with E-state index >= 15 is 0 Å². The molecule has 0 aliphatic heterocycles. The quantitative estimate of drug-likeness (QED) is 0.752. The van der Waals surface area contributed by atoms with E-state index in [0.717, 1.165) is 16.9 Å². The van der Waals surface area contributed by atoms with E-state index in [1.54, 1.807) is 7.11 Å². The van der Waals surface area contributed by atoms with Crippen molar-refractivity contribution in [1.82, 2.24) is 20.4 Å². The van der Waals surface area contributed by atoms with E-state index < -0.39 is 0 Å². The number of nitrogen functional groups attached to an aromatic ring is 2. The largest absolute Gasteiger partial charge is 0.497 e. The Morgan fingerprint density at radius 1 is 0.955 bits per heavy atom. The molecular formula is C13H12N6OS2. The van der Waals surface area contributed by atoms with Crippen molar-refractivity contribution in [2.45, 2.75) is 0 Å². The first kappa shape index (κ1) is 14.4. The van der Waals surface area contributed by atoms with Crippen LogP contribution in [0.1, 0.15) is 15.6 Å². The third kappa shape index (κ3) is 3.05. The summed E-state index contributed by atoms with van der Waals surface area (Å²) in [4.78, 5) is 0. The number of nitrogens with two attached hydrogens (primary N) is 2. The fourth-order valence-electron chi connectivity index (χ4n) is 1.77. The Labute approximate surface area is 134 Å². The molecule has 2 heterocycles. The Morgan fingerprint density at radius 2 is 1.50 bits per heavy atom. The Kier molecular flexibility index (Phi) is 3.98. The number of aromatic nitrogens is 4. The van der Waals surface area contributed by atoms with Gasteiger partial charge >= 0.3 is 0 Å². The zero-order valence-corrected chi connectivity index (χ0v) is 13.2. The Balaban J connectivity index is 2.05. The number of methoxy groups -OCH3 is 1. The fourth-order valence-corrected chi connectivity index (χ4v) is 3.09. The molecule has 0 fully saturated rings. The van der Waals surface area contributed by atoms with Crippen molar-refractivity contribution < 1.29 is 4.74 Å². The summed E-state index contributed by atoms with van der Waals surface area (Å²) in [6.45, 7) is 0.